The first-order valence-corrected chi connectivity index (χ1v) is 6.85. The third-order valence-electron chi connectivity index (χ3n) is 2.75. The van der Waals surface area contributed by atoms with Crippen molar-refractivity contribution in [1.29, 1.82) is 0 Å². The van der Waals surface area contributed by atoms with E-state index in [0.29, 0.717) is 19.4 Å². The Morgan fingerprint density at radius 1 is 0.889 bits per heavy atom. The van der Waals surface area contributed by atoms with Gasteiger partial charge < -0.3 is 16.2 Å². The fourth-order valence-electron chi connectivity index (χ4n) is 1.68. The minimum atomic E-state index is -0.753. The Bertz CT molecular complexity index is 232. The highest BCUT2D eigenvalue weighted by Gasteiger charge is 2.01. The van der Waals surface area contributed by atoms with Gasteiger partial charge in [-0.1, -0.05) is 19.3 Å². The lowest BCUT2D eigenvalue weighted by Crippen LogP contribution is -2.24. The van der Waals surface area contributed by atoms with Gasteiger partial charge in [-0.05, 0) is 32.2 Å². The molecule has 5 heteroatoms. The van der Waals surface area contributed by atoms with E-state index in [1.165, 1.54) is 0 Å². The van der Waals surface area contributed by atoms with E-state index in [2.05, 4.69) is 5.32 Å². The highest BCUT2D eigenvalue weighted by atomic mass is 16.4. The van der Waals surface area contributed by atoms with E-state index in [1.807, 2.05) is 0 Å². The smallest absolute Gasteiger partial charge is 0.303 e. The molecule has 18 heavy (non-hydrogen) atoms. The van der Waals surface area contributed by atoms with E-state index in [-0.39, 0.29) is 12.3 Å². The quantitative estimate of drug-likeness (QED) is 0.464. The Morgan fingerprint density at radius 2 is 1.50 bits per heavy atom. The summed E-state index contributed by atoms with van der Waals surface area (Å²) in [6, 6.07) is 0. The number of carbonyl (C=O) groups excluding carboxylic acids is 1. The largest absolute Gasteiger partial charge is 0.481 e. The summed E-state index contributed by atoms with van der Waals surface area (Å²) in [6.45, 7) is 1.38. The Morgan fingerprint density at radius 3 is 2.17 bits per heavy atom. The van der Waals surface area contributed by atoms with Crippen LogP contribution >= 0.6 is 0 Å². The molecule has 0 aromatic heterocycles. The van der Waals surface area contributed by atoms with Crippen molar-refractivity contribution in [2.24, 2.45) is 5.73 Å². The normalized spacial score (nSPS) is 10.3. The highest BCUT2D eigenvalue weighted by Crippen LogP contribution is 2.02. The second-order valence-corrected chi connectivity index (χ2v) is 4.51. The summed E-state index contributed by atoms with van der Waals surface area (Å²) in [5.41, 5.74) is 5.38. The number of unbranched alkanes of at least 4 members (excludes halogenated alkanes) is 5. The minimum absolute atomic E-state index is 0.0981. The van der Waals surface area contributed by atoms with Gasteiger partial charge in [0.25, 0.3) is 0 Å². The van der Waals surface area contributed by atoms with Crippen LogP contribution in [0.25, 0.3) is 0 Å². The molecule has 0 aromatic carbocycles. The van der Waals surface area contributed by atoms with Gasteiger partial charge in [-0.15, -0.1) is 0 Å². The number of hydrogen-bond acceptors (Lipinski definition) is 3. The summed E-state index contributed by atoms with van der Waals surface area (Å²) < 4.78 is 0. The predicted octanol–water partition coefficient (Wildman–Crippen LogP) is 1.66. The molecule has 0 atom stereocenters. The van der Waals surface area contributed by atoms with Gasteiger partial charge in [0.2, 0.25) is 5.91 Å². The Hall–Kier alpha value is -1.10. The molecule has 5 nitrogen and oxygen atoms in total. The minimum Gasteiger partial charge on any atom is -0.481 e. The molecule has 0 unspecified atom stereocenters. The fourth-order valence-corrected chi connectivity index (χ4v) is 1.68. The lowest BCUT2D eigenvalue weighted by Gasteiger charge is -2.04. The van der Waals surface area contributed by atoms with E-state index in [1.54, 1.807) is 0 Å². The fraction of sp³-hybridized carbons (Fsp3) is 0.846. The van der Waals surface area contributed by atoms with Crippen LogP contribution in [0.1, 0.15) is 57.8 Å². The SMILES string of the molecule is NCCCCCCC(=O)NCCCCCC(=O)O. The summed E-state index contributed by atoms with van der Waals surface area (Å²) in [7, 11) is 0. The molecule has 0 bridgehead atoms. The van der Waals surface area contributed by atoms with Gasteiger partial charge in [0, 0.05) is 19.4 Å². The molecule has 0 aliphatic carbocycles. The summed E-state index contributed by atoms with van der Waals surface area (Å²) >= 11 is 0. The number of rotatable bonds is 12. The zero-order valence-electron chi connectivity index (χ0n) is 11.1. The maximum atomic E-state index is 11.4. The van der Waals surface area contributed by atoms with Crippen LogP contribution in [-0.2, 0) is 9.59 Å². The number of carbonyl (C=O) groups is 2. The maximum Gasteiger partial charge on any atom is 0.303 e. The van der Waals surface area contributed by atoms with E-state index in [9.17, 15) is 9.59 Å². The van der Waals surface area contributed by atoms with Crippen LogP contribution in [0.15, 0.2) is 0 Å². The number of amides is 1. The molecule has 0 spiro atoms. The molecule has 0 aromatic rings. The number of carboxylic acid groups (broad SMARTS) is 1. The molecule has 0 radical (unpaired) electrons. The number of nitrogens with one attached hydrogen (secondary N) is 1. The van der Waals surface area contributed by atoms with E-state index in [4.69, 9.17) is 10.8 Å². The van der Waals surface area contributed by atoms with Gasteiger partial charge in [-0.2, -0.15) is 0 Å². The Balaban J connectivity index is 3.19. The molecule has 106 valence electrons. The van der Waals surface area contributed by atoms with E-state index >= 15 is 0 Å². The van der Waals surface area contributed by atoms with Crippen molar-refractivity contribution >= 4 is 11.9 Å². The zero-order chi connectivity index (χ0) is 13.6. The van der Waals surface area contributed by atoms with Crippen molar-refractivity contribution in [2.75, 3.05) is 13.1 Å². The predicted molar refractivity (Wildman–Crippen MR) is 71.3 cm³/mol. The lowest BCUT2D eigenvalue weighted by atomic mass is 10.1. The molecular formula is C13H26N2O3. The Kier molecular flexibility index (Phi) is 11.6. The number of nitrogens with two attached hydrogens (primary N) is 1. The first-order valence-electron chi connectivity index (χ1n) is 6.85. The average molecular weight is 258 g/mol. The van der Waals surface area contributed by atoms with Crippen molar-refractivity contribution < 1.29 is 14.7 Å². The van der Waals surface area contributed by atoms with Crippen molar-refractivity contribution in [1.82, 2.24) is 5.32 Å². The van der Waals surface area contributed by atoms with Crippen LogP contribution in [0.4, 0.5) is 0 Å². The first-order chi connectivity index (χ1) is 8.66. The van der Waals surface area contributed by atoms with Crippen LogP contribution in [0.2, 0.25) is 0 Å². The van der Waals surface area contributed by atoms with Crippen LogP contribution in [0.3, 0.4) is 0 Å². The maximum absolute atomic E-state index is 11.4. The monoisotopic (exact) mass is 258 g/mol. The van der Waals surface area contributed by atoms with Crippen LogP contribution in [-0.4, -0.2) is 30.1 Å². The number of aliphatic carboxylic acids is 1. The summed E-state index contributed by atoms with van der Waals surface area (Å²) in [6.07, 6.45) is 7.30. The van der Waals surface area contributed by atoms with Crippen LogP contribution < -0.4 is 11.1 Å². The average Bonchev–Trinajstić information content (AvgIpc) is 2.33. The first kappa shape index (κ1) is 16.9. The molecule has 0 aliphatic heterocycles. The molecule has 0 fully saturated rings. The van der Waals surface area contributed by atoms with Crippen molar-refractivity contribution in [3.63, 3.8) is 0 Å². The third kappa shape index (κ3) is 13.0. The van der Waals surface area contributed by atoms with E-state index < -0.39 is 5.97 Å². The lowest BCUT2D eigenvalue weighted by molar-refractivity contribution is -0.137. The van der Waals surface area contributed by atoms with Gasteiger partial charge in [0.15, 0.2) is 0 Å². The van der Waals surface area contributed by atoms with E-state index in [0.717, 1.165) is 45.1 Å². The molecule has 1 amide bonds. The van der Waals surface area contributed by atoms with Gasteiger partial charge in [0.1, 0.15) is 0 Å². The van der Waals surface area contributed by atoms with Crippen molar-refractivity contribution in [2.45, 2.75) is 57.8 Å². The molecular weight excluding hydrogens is 232 g/mol. The topological polar surface area (TPSA) is 92.4 Å². The van der Waals surface area contributed by atoms with Crippen molar-refractivity contribution in [3.8, 4) is 0 Å². The third-order valence-corrected chi connectivity index (χ3v) is 2.75. The van der Waals surface area contributed by atoms with Gasteiger partial charge in [-0.25, -0.2) is 0 Å². The van der Waals surface area contributed by atoms with Gasteiger partial charge in [0.05, 0.1) is 0 Å². The number of carboxylic acids is 1. The van der Waals surface area contributed by atoms with Crippen molar-refractivity contribution in [3.05, 3.63) is 0 Å². The van der Waals surface area contributed by atoms with Gasteiger partial charge >= 0.3 is 5.97 Å². The van der Waals surface area contributed by atoms with Crippen LogP contribution in [0, 0.1) is 0 Å². The molecule has 0 rings (SSSR count). The Labute approximate surface area is 109 Å². The molecule has 0 saturated carbocycles. The standard InChI is InChI=1S/C13H26N2O3/c14-10-6-2-1-4-8-12(16)15-11-7-3-5-9-13(17)18/h1-11,14H2,(H,15,16)(H,17,18). The molecule has 0 saturated heterocycles. The zero-order valence-corrected chi connectivity index (χ0v) is 11.1. The number of hydrogen-bond donors (Lipinski definition) is 3. The second-order valence-electron chi connectivity index (χ2n) is 4.51. The summed E-state index contributed by atoms with van der Waals surface area (Å²) in [5, 5.41) is 11.3. The molecule has 0 heterocycles. The summed E-state index contributed by atoms with van der Waals surface area (Å²) in [5.74, 6) is -0.655. The molecule has 0 aliphatic rings. The second kappa shape index (κ2) is 12.4. The van der Waals surface area contributed by atoms with Gasteiger partial charge in [-0.3, -0.25) is 9.59 Å². The summed E-state index contributed by atoms with van der Waals surface area (Å²) in [4.78, 5) is 21.6. The van der Waals surface area contributed by atoms with Crippen LogP contribution in [0.5, 0.6) is 0 Å². The molecule has 4 N–H and O–H groups in total. The highest BCUT2D eigenvalue weighted by molar-refractivity contribution is 5.75.